The van der Waals surface area contributed by atoms with E-state index in [1.807, 2.05) is 24.4 Å². The fourth-order valence-electron chi connectivity index (χ4n) is 3.04. The van der Waals surface area contributed by atoms with Crippen LogP contribution in [0.2, 0.25) is 0 Å². The molecule has 2 heterocycles. The standard InChI is InChI=1S/C21H18N6O3/c1-26-21(30)17-6-3-2-5-16(17)19(25-26)20(29)22-13-18(28)24-14-7-9-15(10-8-14)27-12-4-11-23-27/h2-12H,13H2,1H3,(H,22,29)(H,24,28). The van der Waals surface area contributed by atoms with Crippen molar-refractivity contribution in [1.29, 1.82) is 0 Å². The van der Waals surface area contributed by atoms with Gasteiger partial charge in [-0.05, 0) is 36.4 Å². The molecule has 0 saturated carbocycles. The average Bonchev–Trinajstić information content (AvgIpc) is 3.30. The van der Waals surface area contributed by atoms with E-state index in [1.54, 1.807) is 47.3 Å². The molecule has 0 spiro atoms. The van der Waals surface area contributed by atoms with Crippen molar-refractivity contribution < 1.29 is 9.59 Å². The van der Waals surface area contributed by atoms with E-state index in [0.29, 0.717) is 16.5 Å². The van der Waals surface area contributed by atoms with Crippen LogP contribution in [0.4, 0.5) is 5.69 Å². The summed E-state index contributed by atoms with van der Waals surface area (Å²) in [5.41, 5.74) is 1.25. The Labute approximate surface area is 170 Å². The van der Waals surface area contributed by atoms with Crippen LogP contribution in [0.1, 0.15) is 10.5 Å². The molecule has 0 fully saturated rings. The monoisotopic (exact) mass is 402 g/mol. The third-order valence-electron chi connectivity index (χ3n) is 4.50. The highest BCUT2D eigenvalue weighted by Crippen LogP contribution is 2.14. The van der Waals surface area contributed by atoms with Crippen LogP contribution in [-0.2, 0) is 11.8 Å². The number of carbonyl (C=O) groups is 2. The Kier molecular flexibility index (Phi) is 5.08. The summed E-state index contributed by atoms with van der Waals surface area (Å²) in [6, 6.07) is 15.7. The molecule has 4 rings (SSSR count). The first kappa shape index (κ1) is 19.1. The molecule has 2 N–H and O–H groups in total. The molecule has 0 saturated heterocycles. The second-order valence-corrected chi connectivity index (χ2v) is 6.55. The van der Waals surface area contributed by atoms with Crippen LogP contribution in [0.3, 0.4) is 0 Å². The van der Waals surface area contributed by atoms with Gasteiger partial charge in [-0.15, -0.1) is 0 Å². The van der Waals surface area contributed by atoms with Crippen molar-refractivity contribution in [3.63, 3.8) is 0 Å². The van der Waals surface area contributed by atoms with E-state index in [-0.39, 0.29) is 23.7 Å². The predicted octanol–water partition coefficient (Wildman–Crippen LogP) is 1.49. The number of carbonyl (C=O) groups excluding carboxylic acids is 2. The van der Waals surface area contributed by atoms with Crippen molar-refractivity contribution in [2.24, 2.45) is 7.05 Å². The second-order valence-electron chi connectivity index (χ2n) is 6.55. The number of anilines is 1. The molecule has 0 aliphatic rings. The minimum Gasteiger partial charge on any atom is -0.342 e. The highest BCUT2D eigenvalue weighted by Gasteiger charge is 2.16. The van der Waals surface area contributed by atoms with Gasteiger partial charge in [0.25, 0.3) is 11.5 Å². The van der Waals surface area contributed by atoms with E-state index >= 15 is 0 Å². The van der Waals surface area contributed by atoms with Crippen LogP contribution in [0, 0.1) is 0 Å². The van der Waals surface area contributed by atoms with Crippen molar-refractivity contribution in [2.75, 3.05) is 11.9 Å². The van der Waals surface area contributed by atoms with Crippen molar-refractivity contribution in [2.45, 2.75) is 0 Å². The number of hydrogen-bond acceptors (Lipinski definition) is 5. The Balaban J connectivity index is 1.42. The van der Waals surface area contributed by atoms with Crippen LogP contribution in [0.5, 0.6) is 0 Å². The molecular formula is C21H18N6O3. The zero-order chi connectivity index (χ0) is 21.1. The number of nitrogens with one attached hydrogen (secondary N) is 2. The molecule has 150 valence electrons. The van der Waals surface area contributed by atoms with Crippen molar-refractivity contribution in [3.05, 3.63) is 83.0 Å². The summed E-state index contributed by atoms with van der Waals surface area (Å²) >= 11 is 0. The Morgan fingerprint density at radius 3 is 2.43 bits per heavy atom. The van der Waals surface area contributed by atoms with E-state index in [1.165, 1.54) is 7.05 Å². The van der Waals surface area contributed by atoms with Crippen molar-refractivity contribution in [1.82, 2.24) is 24.9 Å². The SMILES string of the molecule is Cn1nc(C(=O)NCC(=O)Nc2ccc(-n3cccn3)cc2)c2ccccc2c1=O. The lowest BCUT2D eigenvalue weighted by atomic mass is 10.1. The molecule has 0 aliphatic carbocycles. The zero-order valence-corrected chi connectivity index (χ0v) is 16.1. The van der Waals surface area contributed by atoms with E-state index in [0.717, 1.165) is 10.4 Å². The van der Waals surface area contributed by atoms with Crippen LogP contribution in [0.25, 0.3) is 16.5 Å². The number of benzene rings is 2. The second kappa shape index (κ2) is 8.00. The first-order chi connectivity index (χ1) is 14.5. The van der Waals surface area contributed by atoms with Gasteiger partial charge in [-0.2, -0.15) is 10.2 Å². The Morgan fingerprint density at radius 2 is 1.73 bits per heavy atom. The highest BCUT2D eigenvalue weighted by molar-refractivity contribution is 6.06. The maximum absolute atomic E-state index is 12.6. The summed E-state index contributed by atoms with van der Waals surface area (Å²) in [5, 5.41) is 14.3. The van der Waals surface area contributed by atoms with Crippen LogP contribution >= 0.6 is 0 Å². The summed E-state index contributed by atoms with van der Waals surface area (Å²) < 4.78 is 2.81. The molecule has 0 unspecified atom stereocenters. The molecule has 4 aromatic rings. The van der Waals surface area contributed by atoms with Crippen molar-refractivity contribution in [3.8, 4) is 5.69 Å². The molecule has 2 amide bonds. The minimum atomic E-state index is -0.536. The quantitative estimate of drug-likeness (QED) is 0.525. The minimum absolute atomic E-state index is 0.0871. The van der Waals surface area contributed by atoms with E-state index in [2.05, 4.69) is 20.8 Å². The number of aryl methyl sites for hydroxylation is 1. The van der Waals surface area contributed by atoms with Crippen LogP contribution in [0.15, 0.2) is 71.8 Å². The molecule has 0 atom stereocenters. The molecule has 0 radical (unpaired) electrons. The maximum atomic E-state index is 12.6. The molecule has 2 aromatic heterocycles. The maximum Gasteiger partial charge on any atom is 0.274 e. The normalized spacial score (nSPS) is 10.7. The summed E-state index contributed by atoms with van der Waals surface area (Å²) in [6.07, 6.45) is 3.50. The Morgan fingerprint density at radius 1 is 1.00 bits per heavy atom. The fourth-order valence-corrected chi connectivity index (χ4v) is 3.04. The van der Waals surface area contributed by atoms with Gasteiger partial charge in [0.05, 0.1) is 17.6 Å². The predicted molar refractivity (Wildman–Crippen MR) is 112 cm³/mol. The van der Waals surface area contributed by atoms with Gasteiger partial charge in [-0.3, -0.25) is 14.4 Å². The van der Waals surface area contributed by atoms with E-state index in [9.17, 15) is 14.4 Å². The van der Waals surface area contributed by atoms with Gasteiger partial charge in [0, 0.05) is 30.5 Å². The Hall–Kier alpha value is -4.27. The third kappa shape index (κ3) is 3.81. The van der Waals surface area contributed by atoms with E-state index in [4.69, 9.17) is 0 Å². The van der Waals surface area contributed by atoms with Gasteiger partial charge < -0.3 is 10.6 Å². The molecule has 30 heavy (non-hydrogen) atoms. The zero-order valence-electron chi connectivity index (χ0n) is 16.1. The van der Waals surface area contributed by atoms with Crippen molar-refractivity contribution >= 4 is 28.3 Å². The van der Waals surface area contributed by atoms with Gasteiger partial charge >= 0.3 is 0 Å². The molecule has 2 aromatic carbocycles. The lowest BCUT2D eigenvalue weighted by molar-refractivity contribution is -0.115. The molecule has 9 nitrogen and oxygen atoms in total. The highest BCUT2D eigenvalue weighted by atomic mass is 16.2. The topological polar surface area (TPSA) is 111 Å². The summed E-state index contributed by atoms with van der Waals surface area (Å²) in [5.74, 6) is -0.921. The van der Waals surface area contributed by atoms with Gasteiger partial charge in [0.15, 0.2) is 5.69 Å². The van der Waals surface area contributed by atoms with E-state index < -0.39 is 5.91 Å². The number of hydrogen-bond donors (Lipinski definition) is 2. The molecule has 9 heteroatoms. The number of aromatic nitrogens is 4. The largest absolute Gasteiger partial charge is 0.342 e. The number of amides is 2. The van der Waals surface area contributed by atoms with Crippen LogP contribution < -0.4 is 16.2 Å². The lowest BCUT2D eigenvalue weighted by Gasteiger charge is -2.10. The molecule has 0 bridgehead atoms. The van der Waals surface area contributed by atoms with Gasteiger partial charge in [0.1, 0.15) is 0 Å². The summed E-state index contributed by atoms with van der Waals surface area (Å²) in [7, 11) is 1.48. The summed E-state index contributed by atoms with van der Waals surface area (Å²) in [4.78, 5) is 37.0. The summed E-state index contributed by atoms with van der Waals surface area (Å²) in [6.45, 7) is -0.238. The van der Waals surface area contributed by atoms with Gasteiger partial charge in [0.2, 0.25) is 5.91 Å². The van der Waals surface area contributed by atoms with Crippen LogP contribution in [-0.4, -0.2) is 37.9 Å². The first-order valence-corrected chi connectivity index (χ1v) is 9.17. The molecule has 0 aliphatic heterocycles. The fraction of sp³-hybridized carbons (Fsp3) is 0.0952. The number of fused-ring (bicyclic) bond motifs is 1. The first-order valence-electron chi connectivity index (χ1n) is 9.17. The molecular weight excluding hydrogens is 384 g/mol. The van der Waals surface area contributed by atoms with Gasteiger partial charge in [-0.1, -0.05) is 18.2 Å². The lowest BCUT2D eigenvalue weighted by Crippen LogP contribution is -2.35. The third-order valence-corrected chi connectivity index (χ3v) is 4.50. The Bertz CT molecular complexity index is 1280. The smallest absolute Gasteiger partial charge is 0.274 e. The average molecular weight is 402 g/mol. The number of nitrogens with zero attached hydrogens (tertiary/aromatic N) is 4. The van der Waals surface area contributed by atoms with Gasteiger partial charge in [-0.25, -0.2) is 9.36 Å². The number of rotatable bonds is 5.